The van der Waals surface area contributed by atoms with Crippen LogP contribution in [0.1, 0.15) is 5.82 Å². The molecule has 0 aromatic carbocycles. The third-order valence-electron chi connectivity index (χ3n) is 1.01. The number of tetrazole rings is 1. The predicted octanol–water partition coefficient (Wildman–Crippen LogP) is 0.168. The Morgan fingerprint density at radius 3 is 3.00 bits per heavy atom. The van der Waals surface area contributed by atoms with Crippen molar-refractivity contribution < 1.29 is 0 Å². The molecule has 4 nitrogen and oxygen atoms in total. The molecule has 0 fully saturated rings. The van der Waals surface area contributed by atoms with E-state index >= 15 is 0 Å². The molecule has 48 valence electrons. The summed E-state index contributed by atoms with van der Waals surface area (Å²) in [4.78, 5) is 0. The first kappa shape index (κ1) is 5.94. The fraction of sp³-hybridized carbons (Fsp3) is 0.400. The van der Waals surface area contributed by atoms with Gasteiger partial charge in [0.05, 0.1) is 6.54 Å². The Kier molecular flexibility index (Phi) is 1.58. The average Bonchev–Trinajstić information content (AvgIpc) is 2.18. The lowest BCUT2D eigenvalue weighted by Gasteiger charge is -1.91. The smallest absolute Gasteiger partial charge is 0.148 e. The van der Waals surface area contributed by atoms with Crippen LogP contribution < -0.4 is 0 Å². The highest BCUT2D eigenvalue weighted by atomic mass is 15.5. The van der Waals surface area contributed by atoms with Gasteiger partial charge in [-0.1, -0.05) is 6.08 Å². The highest BCUT2D eigenvalue weighted by Gasteiger charge is 1.93. The van der Waals surface area contributed by atoms with Crippen LogP contribution in [0.25, 0.3) is 0 Å². The maximum atomic E-state index is 3.69. The highest BCUT2D eigenvalue weighted by Crippen LogP contribution is 1.86. The number of rotatable bonds is 2. The molecule has 0 unspecified atom stereocenters. The number of aryl methyl sites for hydroxylation is 1. The van der Waals surface area contributed by atoms with E-state index in [0.717, 1.165) is 5.82 Å². The Morgan fingerprint density at radius 2 is 2.56 bits per heavy atom. The summed E-state index contributed by atoms with van der Waals surface area (Å²) in [5, 5.41) is 10.8. The molecular formula is C5H8N4. The molecule has 0 aliphatic heterocycles. The molecule has 9 heavy (non-hydrogen) atoms. The third-order valence-corrected chi connectivity index (χ3v) is 1.01. The van der Waals surface area contributed by atoms with Crippen LogP contribution in [0.4, 0.5) is 0 Å². The van der Waals surface area contributed by atoms with Gasteiger partial charge in [-0.15, -0.1) is 11.7 Å². The van der Waals surface area contributed by atoms with Gasteiger partial charge in [-0.3, -0.25) is 0 Å². The monoisotopic (exact) mass is 124 g/mol. The molecule has 1 aromatic heterocycles. The van der Waals surface area contributed by atoms with E-state index in [1.165, 1.54) is 0 Å². The van der Waals surface area contributed by atoms with Crippen molar-refractivity contribution >= 4 is 0 Å². The Bertz CT molecular complexity index is 202. The molecule has 1 aromatic rings. The first-order chi connectivity index (χ1) is 4.34. The van der Waals surface area contributed by atoms with Gasteiger partial charge in [-0.05, 0) is 17.4 Å². The fourth-order valence-corrected chi connectivity index (χ4v) is 0.540. The quantitative estimate of drug-likeness (QED) is 0.528. The van der Waals surface area contributed by atoms with E-state index in [-0.39, 0.29) is 0 Å². The standard InChI is InChI=1S/C5H8N4/c1-3-4-9-5(2)6-7-8-9/h3H,1,4H2,2H3. The topological polar surface area (TPSA) is 43.6 Å². The van der Waals surface area contributed by atoms with Crippen molar-refractivity contribution in [3.8, 4) is 0 Å². The number of allylic oxidation sites excluding steroid dienone is 1. The summed E-state index contributed by atoms with van der Waals surface area (Å²) < 4.78 is 1.67. The lowest BCUT2D eigenvalue weighted by Crippen LogP contribution is -1.99. The second-order valence-electron chi connectivity index (χ2n) is 1.70. The number of nitrogens with zero attached hydrogens (tertiary/aromatic N) is 4. The van der Waals surface area contributed by atoms with Crippen LogP contribution in [0.15, 0.2) is 12.7 Å². The summed E-state index contributed by atoms with van der Waals surface area (Å²) in [6, 6.07) is 0. The van der Waals surface area contributed by atoms with Gasteiger partial charge in [0.2, 0.25) is 0 Å². The molecule has 0 radical (unpaired) electrons. The van der Waals surface area contributed by atoms with Gasteiger partial charge in [0, 0.05) is 0 Å². The largest absolute Gasteiger partial charge is 0.226 e. The van der Waals surface area contributed by atoms with Crippen LogP contribution in [0.2, 0.25) is 0 Å². The average molecular weight is 124 g/mol. The van der Waals surface area contributed by atoms with Crippen molar-refractivity contribution in [1.29, 1.82) is 0 Å². The molecule has 0 spiro atoms. The zero-order chi connectivity index (χ0) is 6.69. The summed E-state index contributed by atoms with van der Waals surface area (Å²) in [5.41, 5.74) is 0. The Labute approximate surface area is 53.2 Å². The van der Waals surface area contributed by atoms with E-state index in [1.54, 1.807) is 10.8 Å². The van der Waals surface area contributed by atoms with Crippen molar-refractivity contribution in [3.63, 3.8) is 0 Å². The fourth-order valence-electron chi connectivity index (χ4n) is 0.540. The molecule has 1 heterocycles. The maximum Gasteiger partial charge on any atom is 0.148 e. The van der Waals surface area contributed by atoms with Crippen LogP contribution in [0.3, 0.4) is 0 Å². The van der Waals surface area contributed by atoms with Crippen molar-refractivity contribution in [1.82, 2.24) is 20.2 Å². The van der Waals surface area contributed by atoms with Crippen LogP contribution in [0.5, 0.6) is 0 Å². The van der Waals surface area contributed by atoms with Crippen molar-refractivity contribution in [2.45, 2.75) is 13.5 Å². The van der Waals surface area contributed by atoms with E-state index in [0.29, 0.717) is 6.54 Å². The minimum atomic E-state index is 0.679. The second-order valence-corrected chi connectivity index (χ2v) is 1.70. The molecular weight excluding hydrogens is 116 g/mol. The predicted molar refractivity (Wildman–Crippen MR) is 32.8 cm³/mol. The molecule has 1 rings (SSSR count). The third kappa shape index (κ3) is 1.13. The van der Waals surface area contributed by atoms with Crippen LogP contribution in [0, 0.1) is 6.92 Å². The molecule has 4 heteroatoms. The molecule has 0 aliphatic rings. The van der Waals surface area contributed by atoms with E-state index in [4.69, 9.17) is 0 Å². The second kappa shape index (κ2) is 2.39. The van der Waals surface area contributed by atoms with Gasteiger partial charge in [-0.25, -0.2) is 4.68 Å². The first-order valence-corrected chi connectivity index (χ1v) is 2.68. The zero-order valence-electron chi connectivity index (χ0n) is 5.28. The van der Waals surface area contributed by atoms with Crippen molar-refractivity contribution in [3.05, 3.63) is 18.5 Å². The van der Waals surface area contributed by atoms with Gasteiger partial charge in [0.1, 0.15) is 5.82 Å². The summed E-state index contributed by atoms with van der Waals surface area (Å²) in [6.07, 6.45) is 1.75. The molecule has 0 saturated heterocycles. The summed E-state index contributed by atoms with van der Waals surface area (Å²) in [7, 11) is 0. The minimum Gasteiger partial charge on any atom is -0.226 e. The van der Waals surface area contributed by atoms with E-state index < -0.39 is 0 Å². The summed E-state index contributed by atoms with van der Waals surface area (Å²) >= 11 is 0. The molecule has 0 aliphatic carbocycles. The molecule has 0 atom stereocenters. The molecule has 0 amide bonds. The van der Waals surface area contributed by atoms with Crippen molar-refractivity contribution in [2.24, 2.45) is 0 Å². The Balaban J connectivity index is 2.80. The summed E-state index contributed by atoms with van der Waals surface area (Å²) in [6.45, 7) is 6.09. The number of aromatic nitrogens is 4. The van der Waals surface area contributed by atoms with Gasteiger partial charge >= 0.3 is 0 Å². The van der Waals surface area contributed by atoms with Gasteiger partial charge < -0.3 is 0 Å². The number of hydrogen-bond acceptors (Lipinski definition) is 3. The molecule has 0 N–H and O–H groups in total. The highest BCUT2D eigenvalue weighted by molar-refractivity contribution is 4.77. The lowest BCUT2D eigenvalue weighted by atomic mass is 10.6. The summed E-state index contributed by atoms with van der Waals surface area (Å²) in [5.74, 6) is 0.815. The SMILES string of the molecule is C=CCn1nnnc1C. The Morgan fingerprint density at radius 1 is 1.78 bits per heavy atom. The van der Waals surface area contributed by atoms with E-state index in [9.17, 15) is 0 Å². The maximum absolute atomic E-state index is 3.69. The van der Waals surface area contributed by atoms with E-state index in [1.807, 2.05) is 6.92 Å². The van der Waals surface area contributed by atoms with Crippen LogP contribution in [-0.4, -0.2) is 20.2 Å². The number of hydrogen-bond donors (Lipinski definition) is 0. The zero-order valence-corrected chi connectivity index (χ0v) is 5.28. The first-order valence-electron chi connectivity index (χ1n) is 2.68. The van der Waals surface area contributed by atoms with Gasteiger partial charge in [0.25, 0.3) is 0 Å². The molecule has 0 bridgehead atoms. The molecule has 0 saturated carbocycles. The van der Waals surface area contributed by atoms with E-state index in [2.05, 4.69) is 22.1 Å². The normalized spacial score (nSPS) is 9.44. The Hall–Kier alpha value is -1.19. The lowest BCUT2D eigenvalue weighted by molar-refractivity contribution is 0.645. The van der Waals surface area contributed by atoms with Crippen LogP contribution in [-0.2, 0) is 6.54 Å². The van der Waals surface area contributed by atoms with Gasteiger partial charge in [-0.2, -0.15) is 0 Å². The minimum absolute atomic E-state index is 0.679. The van der Waals surface area contributed by atoms with Crippen LogP contribution >= 0.6 is 0 Å². The van der Waals surface area contributed by atoms with Crippen molar-refractivity contribution in [2.75, 3.05) is 0 Å². The van der Waals surface area contributed by atoms with Gasteiger partial charge in [0.15, 0.2) is 0 Å².